The van der Waals surface area contributed by atoms with E-state index in [1.165, 1.54) is 0 Å². The Bertz CT molecular complexity index is 1420. The highest BCUT2D eigenvalue weighted by Crippen LogP contribution is 2.40. The van der Waals surface area contributed by atoms with Crippen LogP contribution in [-0.2, 0) is 7.05 Å². The van der Waals surface area contributed by atoms with Crippen molar-refractivity contribution in [1.29, 1.82) is 0 Å². The Labute approximate surface area is 155 Å². The maximum atomic E-state index is 8.12. The first kappa shape index (κ1) is 12.2. The highest BCUT2D eigenvalue weighted by Gasteiger charge is 2.20. The maximum Gasteiger partial charge on any atom is 0.286 e. The number of furan rings is 1. The van der Waals surface area contributed by atoms with Crippen LogP contribution in [0.25, 0.3) is 44.0 Å². The molecule has 0 unspecified atom stereocenters. The molecule has 0 amide bonds. The van der Waals surface area contributed by atoms with Crippen LogP contribution in [0.5, 0.6) is 0 Å². The van der Waals surface area contributed by atoms with Crippen LogP contribution in [0.1, 0.15) is 15.2 Å². The summed E-state index contributed by atoms with van der Waals surface area (Å²) in [5, 5.41) is 3.59. The van der Waals surface area contributed by atoms with Gasteiger partial charge in [0.1, 0.15) is 23.1 Å². The van der Waals surface area contributed by atoms with Crippen LogP contribution in [0.2, 0.25) is 0 Å². The lowest BCUT2D eigenvalue weighted by Gasteiger charge is -2.08. The van der Waals surface area contributed by atoms with E-state index in [-0.39, 0.29) is 0 Å². The minimum absolute atomic E-state index is 0.319. The number of rotatable bonds is 1. The van der Waals surface area contributed by atoms with Gasteiger partial charge in [-0.2, -0.15) is 0 Å². The second-order valence-electron chi connectivity index (χ2n) is 6.69. The summed E-state index contributed by atoms with van der Waals surface area (Å²) in [4.78, 5) is 4.16. The van der Waals surface area contributed by atoms with Gasteiger partial charge >= 0.3 is 0 Å². The molecule has 3 aromatic carbocycles. The predicted octanol–water partition coefficient (Wildman–Crippen LogP) is 5.24. The van der Waals surface area contributed by atoms with Crippen LogP contribution < -0.4 is 4.57 Å². The van der Waals surface area contributed by atoms with E-state index in [1.807, 2.05) is 61.0 Å². The third-order valence-corrected chi connectivity index (χ3v) is 5.00. The van der Waals surface area contributed by atoms with Crippen molar-refractivity contribution >= 4 is 32.7 Å². The second kappa shape index (κ2) is 5.40. The standard InChI is InChI=1S/C23H19N2O/c1-14-10-15(2)22(19-8-9-24-13-25(19)3)23-21(14)18-11-16-6-4-5-7-17(16)12-20(18)26-23/h4-13H,1-3H3/q+1/i1D3. The van der Waals surface area contributed by atoms with Crippen LogP contribution in [0.4, 0.5) is 0 Å². The molecule has 0 spiro atoms. The van der Waals surface area contributed by atoms with Crippen molar-refractivity contribution in [3.63, 3.8) is 0 Å². The molecule has 5 rings (SSSR count). The Morgan fingerprint density at radius 3 is 2.62 bits per heavy atom. The quantitative estimate of drug-likeness (QED) is 0.390. The molecule has 3 nitrogen and oxygen atoms in total. The lowest BCUT2D eigenvalue weighted by atomic mass is 9.96. The average molecular weight is 342 g/mol. The van der Waals surface area contributed by atoms with Crippen molar-refractivity contribution in [2.24, 2.45) is 7.05 Å². The zero-order chi connectivity index (χ0) is 20.3. The van der Waals surface area contributed by atoms with E-state index in [0.29, 0.717) is 22.1 Å². The van der Waals surface area contributed by atoms with Gasteiger partial charge in [0.2, 0.25) is 0 Å². The summed E-state index contributed by atoms with van der Waals surface area (Å²) >= 11 is 0. The molecule has 0 atom stereocenters. The Balaban J connectivity index is 2.01. The van der Waals surface area contributed by atoms with Gasteiger partial charge < -0.3 is 4.42 Å². The van der Waals surface area contributed by atoms with Crippen molar-refractivity contribution in [3.8, 4) is 11.3 Å². The van der Waals surface area contributed by atoms with Crippen LogP contribution in [-0.4, -0.2) is 4.98 Å². The Hall–Kier alpha value is -3.20. The summed E-state index contributed by atoms with van der Waals surface area (Å²) < 4.78 is 32.6. The predicted molar refractivity (Wildman–Crippen MR) is 105 cm³/mol. The normalized spacial score (nSPS) is 13.8. The maximum absolute atomic E-state index is 8.12. The summed E-state index contributed by atoms with van der Waals surface area (Å²) in [6.45, 7) is -0.321. The molecule has 2 aromatic heterocycles. The lowest BCUT2D eigenvalue weighted by Crippen LogP contribution is -2.31. The lowest BCUT2D eigenvalue weighted by molar-refractivity contribution is -0.663. The number of nitrogens with zero attached hydrogens (tertiary/aromatic N) is 2. The number of hydrogen-bond acceptors (Lipinski definition) is 2. The van der Waals surface area contributed by atoms with E-state index in [1.54, 1.807) is 18.6 Å². The fourth-order valence-electron chi connectivity index (χ4n) is 3.78. The van der Waals surface area contributed by atoms with Gasteiger partial charge in [0, 0.05) is 21.0 Å². The first-order valence-electron chi connectivity index (χ1n) is 10.0. The second-order valence-corrected chi connectivity index (χ2v) is 6.69. The van der Waals surface area contributed by atoms with E-state index in [2.05, 4.69) is 4.98 Å². The molecule has 0 radical (unpaired) electrons. The molecule has 3 heteroatoms. The van der Waals surface area contributed by atoms with Crippen molar-refractivity contribution in [2.75, 3.05) is 0 Å². The van der Waals surface area contributed by atoms with Crippen molar-refractivity contribution in [3.05, 3.63) is 72.2 Å². The molecule has 0 bridgehead atoms. The van der Waals surface area contributed by atoms with Crippen molar-refractivity contribution in [1.82, 2.24) is 4.98 Å². The molecular weight excluding hydrogens is 320 g/mol. The molecule has 0 N–H and O–H groups in total. The van der Waals surface area contributed by atoms with Crippen LogP contribution in [0.15, 0.2) is 65.5 Å². The van der Waals surface area contributed by atoms with Crippen LogP contribution >= 0.6 is 0 Å². The fraction of sp³-hybridized carbons (Fsp3) is 0.130. The first-order valence-corrected chi connectivity index (χ1v) is 8.54. The fourth-order valence-corrected chi connectivity index (χ4v) is 3.78. The monoisotopic (exact) mass is 342 g/mol. The van der Waals surface area contributed by atoms with Gasteiger partial charge in [-0.05, 0) is 47.8 Å². The van der Waals surface area contributed by atoms with Gasteiger partial charge in [-0.25, -0.2) is 4.57 Å². The highest BCUT2D eigenvalue weighted by molar-refractivity contribution is 6.14. The van der Waals surface area contributed by atoms with Gasteiger partial charge in [0.05, 0.1) is 12.6 Å². The molecule has 0 fully saturated rings. The number of benzene rings is 3. The van der Waals surface area contributed by atoms with Gasteiger partial charge in [-0.15, -0.1) is 0 Å². The highest BCUT2D eigenvalue weighted by atomic mass is 16.3. The Morgan fingerprint density at radius 2 is 1.85 bits per heavy atom. The largest absolute Gasteiger partial charge is 0.455 e. The minimum atomic E-state index is -2.25. The minimum Gasteiger partial charge on any atom is -0.455 e. The van der Waals surface area contributed by atoms with Gasteiger partial charge in [-0.3, -0.25) is 0 Å². The average Bonchev–Trinajstić information content (AvgIpc) is 3.03. The molecule has 0 saturated heterocycles. The van der Waals surface area contributed by atoms with Crippen LogP contribution in [0, 0.1) is 13.8 Å². The van der Waals surface area contributed by atoms with E-state index < -0.39 is 6.85 Å². The summed E-state index contributed by atoms with van der Waals surface area (Å²) in [5.41, 5.74) is 4.27. The summed E-state index contributed by atoms with van der Waals surface area (Å²) in [7, 11) is 1.92. The molecule has 0 saturated carbocycles. The van der Waals surface area contributed by atoms with Gasteiger partial charge in [0.15, 0.2) is 0 Å². The van der Waals surface area contributed by atoms with E-state index in [9.17, 15) is 0 Å². The third-order valence-electron chi connectivity index (χ3n) is 5.00. The number of fused-ring (bicyclic) bond motifs is 4. The van der Waals surface area contributed by atoms with Gasteiger partial charge in [-0.1, -0.05) is 35.3 Å². The summed E-state index contributed by atoms with van der Waals surface area (Å²) in [5.74, 6) is 0. The Kier molecular flexibility index (Phi) is 2.53. The van der Waals surface area contributed by atoms with Crippen LogP contribution in [0.3, 0.4) is 0 Å². The van der Waals surface area contributed by atoms with Crippen molar-refractivity contribution in [2.45, 2.75) is 13.8 Å². The zero-order valence-corrected chi connectivity index (χ0v) is 14.6. The molecule has 0 aliphatic carbocycles. The van der Waals surface area contributed by atoms with E-state index in [0.717, 1.165) is 33.0 Å². The number of hydrogen-bond donors (Lipinski definition) is 0. The summed E-state index contributed by atoms with van der Waals surface area (Å²) in [6.07, 6.45) is 3.46. The smallest absolute Gasteiger partial charge is 0.286 e. The SMILES string of the molecule is [2H]C([2H])([2H])c1cc(C)c(-c2ccnc[n+]2C)c2oc3cc4ccccc4cc3c12. The van der Waals surface area contributed by atoms with Gasteiger partial charge in [0.25, 0.3) is 6.33 Å². The first-order chi connectivity index (χ1) is 13.8. The van der Waals surface area contributed by atoms with Crippen molar-refractivity contribution < 1.29 is 13.1 Å². The number of aryl methyl sites for hydroxylation is 3. The molecule has 126 valence electrons. The molecule has 5 aromatic rings. The molecule has 26 heavy (non-hydrogen) atoms. The molecule has 0 aliphatic rings. The number of aromatic nitrogens is 2. The third kappa shape index (κ3) is 2.07. The van der Waals surface area contributed by atoms with E-state index in [4.69, 9.17) is 8.53 Å². The topological polar surface area (TPSA) is 29.9 Å². The molecule has 2 heterocycles. The molecular formula is C23H19N2O+. The molecule has 0 aliphatic heterocycles. The zero-order valence-electron chi connectivity index (χ0n) is 17.6. The Morgan fingerprint density at radius 1 is 1.04 bits per heavy atom. The van der Waals surface area contributed by atoms with E-state index >= 15 is 0 Å². The summed E-state index contributed by atoms with van der Waals surface area (Å²) in [6, 6.07) is 15.7.